The average Bonchev–Trinajstić information content (AvgIpc) is 2.40. The number of alkyl halides is 3. The fourth-order valence-corrected chi connectivity index (χ4v) is 4.51. The number of sulfonamides is 1. The van der Waals surface area contributed by atoms with Gasteiger partial charge in [-0.25, -0.2) is 8.42 Å². The summed E-state index contributed by atoms with van der Waals surface area (Å²) >= 11 is 5.59. The standard InChI is InChI=1S/C13H16ClF3N2O2S/c1-8-9(2)19(6-5-18-8)22(20,21)12-4-3-10(14)7-11(12)13(15,16)17/h3-4,7-9,18H,5-6H2,1-2H3. The summed E-state index contributed by atoms with van der Waals surface area (Å²) in [6, 6.07) is 2.12. The van der Waals surface area contributed by atoms with Gasteiger partial charge in [0.15, 0.2) is 0 Å². The third-order valence-electron chi connectivity index (χ3n) is 3.81. The fraction of sp³-hybridized carbons (Fsp3) is 0.538. The highest BCUT2D eigenvalue weighted by molar-refractivity contribution is 7.89. The van der Waals surface area contributed by atoms with Gasteiger partial charge in [0, 0.05) is 30.2 Å². The normalized spacial score (nSPS) is 24.5. The Kier molecular flexibility index (Phi) is 4.77. The summed E-state index contributed by atoms with van der Waals surface area (Å²) in [5, 5.41) is 2.93. The minimum atomic E-state index is -4.80. The van der Waals surface area contributed by atoms with E-state index >= 15 is 0 Å². The van der Waals surface area contributed by atoms with E-state index in [1.165, 1.54) is 0 Å². The van der Waals surface area contributed by atoms with Gasteiger partial charge in [0.05, 0.1) is 10.5 Å². The zero-order valence-electron chi connectivity index (χ0n) is 12.0. The lowest BCUT2D eigenvalue weighted by atomic mass is 10.1. The summed E-state index contributed by atoms with van der Waals surface area (Å²) in [5.41, 5.74) is -1.24. The van der Waals surface area contributed by atoms with Gasteiger partial charge >= 0.3 is 6.18 Å². The fourth-order valence-electron chi connectivity index (χ4n) is 2.44. The number of hydrogen-bond acceptors (Lipinski definition) is 3. The first-order valence-electron chi connectivity index (χ1n) is 6.67. The van der Waals surface area contributed by atoms with Crippen molar-refractivity contribution >= 4 is 21.6 Å². The number of benzene rings is 1. The van der Waals surface area contributed by atoms with E-state index in [9.17, 15) is 21.6 Å². The van der Waals surface area contributed by atoms with E-state index in [0.29, 0.717) is 12.6 Å². The molecule has 1 N–H and O–H groups in total. The van der Waals surface area contributed by atoms with Crippen molar-refractivity contribution < 1.29 is 21.6 Å². The predicted octanol–water partition coefficient (Wildman–Crippen LogP) is 2.73. The van der Waals surface area contributed by atoms with Gasteiger partial charge < -0.3 is 5.32 Å². The molecule has 4 nitrogen and oxygen atoms in total. The van der Waals surface area contributed by atoms with Crippen LogP contribution < -0.4 is 5.32 Å². The van der Waals surface area contributed by atoms with Crippen LogP contribution in [0, 0.1) is 0 Å². The van der Waals surface area contributed by atoms with Gasteiger partial charge in [-0.2, -0.15) is 17.5 Å². The number of nitrogens with one attached hydrogen (secondary N) is 1. The molecule has 0 spiro atoms. The Morgan fingerprint density at radius 1 is 1.32 bits per heavy atom. The minimum absolute atomic E-state index is 0.119. The lowest BCUT2D eigenvalue weighted by Crippen LogP contribution is -2.57. The van der Waals surface area contributed by atoms with E-state index in [0.717, 1.165) is 16.4 Å². The highest BCUT2D eigenvalue weighted by atomic mass is 35.5. The highest BCUT2D eigenvalue weighted by Gasteiger charge is 2.41. The van der Waals surface area contributed by atoms with Crippen LogP contribution in [0.25, 0.3) is 0 Å². The lowest BCUT2D eigenvalue weighted by Gasteiger charge is -2.37. The van der Waals surface area contributed by atoms with E-state index in [4.69, 9.17) is 11.6 Å². The minimum Gasteiger partial charge on any atom is -0.311 e. The molecule has 0 aromatic heterocycles. The largest absolute Gasteiger partial charge is 0.417 e. The topological polar surface area (TPSA) is 49.4 Å². The molecule has 0 amide bonds. The summed E-state index contributed by atoms with van der Waals surface area (Å²) < 4.78 is 65.9. The first kappa shape index (κ1) is 17.5. The van der Waals surface area contributed by atoms with Crippen LogP contribution in [0.4, 0.5) is 13.2 Å². The van der Waals surface area contributed by atoms with Gasteiger partial charge in [-0.3, -0.25) is 0 Å². The molecule has 2 atom stereocenters. The first-order chi connectivity index (χ1) is 10.0. The molecule has 2 rings (SSSR count). The second kappa shape index (κ2) is 5.99. The quantitative estimate of drug-likeness (QED) is 0.886. The van der Waals surface area contributed by atoms with Crippen LogP contribution >= 0.6 is 11.6 Å². The Hall–Kier alpha value is -0.830. The maximum atomic E-state index is 13.1. The second-order valence-corrected chi connectivity index (χ2v) is 7.53. The molecule has 1 heterocycles. The van der Waals surface area contributed by atoms with Crippen molar-refractivity contribution in [3.63, 3.8) is 0 Å². The molecule has 1 aromatic rings. The molecule has 0 saturated carbocycles. The van der Waals surface area contributed by atoms with Gasteiger partial charge in [-0.15, -0.1) is 0 Å². The van der Waals surface area contributed by atoms with Crippen LogP contribution in [0.1, 0.15) is 19.4 Å². The van der Waals surface area contributed by atoms with Gasteiger partial charge in [-0.1, -0.05) is 11.6 Å². The maximum absolute atomic E-state index is 13.1. The van der Waals surface area contributed by atoms with Crippen LogP contribution in [0.15, 0.2) is 23.1 Å². The summed E-state index contributed by atoms with van der Waals surface area (Å²) in [6.07, 6.45) is -4.80. The van der Waals surface area contributed by atoms with E-state index in [2.05, 4.69) is 5.32 Å². The van der Waals surface area contributed by atoms with E-state index < -0.39 is 32.7 Å². The Labute approximate surface area is 132 Å². The zero-order chi connectivity index (χ0) is 16.7. The summed E-state index contributed by atoms with van der Waals surface area (Å²) in [4.78, 5) is -0.759. The van der Waals surface area contributed by atoms with Crippen LogP contribution in [-0.4, -0.2) is 37.9 Å². The van der Waals surface area contributed by atoms with Crippen molar-refractivity contribution in [2.24, 2.45) is 0 Å². The lowest BCUT2D eigenvalue weighted by molar-refractivity contribution is -0.139. The van der Waals surface area contributed by atoms with E-state index in [1.807, 2.05) is 0 Å². The number of hydrogen-bond donors (Lipinski definition) is 1. The van der Waals surface area contributed by atoms with Crippen molar-refractivity contribution in [2.45, 2.75) is 37.0 Å². The number of halogens is 4. The molecule has 1 aromatic carbocycles. The predicted molar refractivity (Wildman–Crippen MR) is 77.3 cm³/mol. The summed E-state index contributed by atoms with van der Waals surface area (Å²) in [5.74, 6) is 0. The molecule has 124 valence electrons. The van der Waals surface area contributed by atoms with Crippen LogP contribution in [0.3, 0.4) is 0 Å². The van der Waals surface area contributed by atoms with E-state index in [-0.39, 0.29) is 17.6 Å². The summed E-state index contributed by atoms with van der Waals surface area (Å²) in [6.45, 7) is 3.96. The second-order valence-electron chi connectivity index (χ2n) is 5.24. The van der Waals surface area contributed by atoms with Gasteiger partial charge in [0.25, 0.3) is 0 Å². The molecule has 1 saturated heterocycles. The molecule has 0 radical (unpaired) electrons. The molecule has 9 heteroatoms. The Morgan fingerprint density at radius 2 is 1.95 bits per heavy atom. The monoisotopic (exact) mass is 356 g/mol. The molecular formula is C13H16ClF3N2O2S. The average molecular weight is 357 g/mol. The van der Waals surface area contributed by atoms with Gasteiger partial charge in [0.1, 0.15) is 0 Å². The third kappa shape index (κ3) is 3.24. The molecule has 1 aliphatic heterocycles. The van der Waals surface area contributed by atoms with Gasteiger partial charge in [-0.05, 0) is 32.0 Å². The molecule has 1 fully saturated rings. The van der Waals surface area contributed by atoms with Crippen LogP contribution in [0.5, 0.6) is 0 Å². The number of rotatable bonds is 2. The van der Waals surface area contributed by atoms with Crippen LogP contribution in [-0.2, 0) is 16.2 Å². The Balaban J connectivity index is 2.55. The molecule has 1 aliphatic rings. The summed E-state index contributed by atoms with van der Waals surface area (Å²) in [7, 11) is -4.26. The number of nitrogens with zero attached hydrogens (tertiary/aromatic N) is 1. The molecule has 2 unspecified atom stereocenters. The Bertz CT molecular complexity index is 664. The molecule has 0 bridgehead atoms. The highest BCUT2D eigenvalue weighted by Crippen LogP contribution is 2.37. The van der Waals surface area contributed by atoms with Crippen LogP contribution in [0.2, 0.25) is 5.02 Å². The molecular weight excluding hydrogens is 341 g/mol. The zero-order valence-corrected chi connectivity index (χ0v) is 13.6. The van der Waals surface area contributed by atoms with Gasteiger partial charge in [0.2, 0.25) is 10.0 Å². The van der Waals surface area contributed by atoms with Crippen molar-refractivity contribution in [1.82, 2.24) is 9.62 Å². The Morgan fingerprint density at radius 3 is 2.55 bits per heavy atom. The smallest absolute Gasteiger partial charge is 0.311 e. The van der Waals surface area contributed by atoms with Crippen molar-refractivity contribution in [2.75, 3.05) is 13.1 Å². The van der Waals surface area contributed by atoms with E-state index in [1.54, 1.807) is 13.8 Å². The molecule has 22 heavy (non-hydrogen) atoms. The SMILES string of the molecule is CC1NCCN(S(=O)(=O)c2ccc(Cl)cc2C(F)(F)F)C1C. The first-order valence-corrected chi connectivity index (χ1v) is 8.49. The molecule has 0 aliphatic carbocycles. The maximum Gasteiger partial charge on any atom is 0.417 e. The number of piperazine rings is 1. The third-order valence-corrected chi connectivity index (χ3v) is 6.09. The van der Waals surface area contributed by atoms with Crippen molar-refractivity contribution in [3.05, 3.63) is 28.8 Å². The van der Waals surface area contributed by atoms with Crippen molar-refractivity contribution in [3.8, 4) is 0 Å². The van der Waals surface area contributed by atoms with Crippen molar-refractivity contribution in [1.29, 1.82) is 0 Å².